The van der Waals surface area contributed by atoms with Gasteiger partial charge < -0.3 is 9.47 Å². The van der Waals surface area contributed by atoms with E-state index in [0.29, 0.717) is 40.5 Å². The SMILES string of the molecule is C=CCOc1c(Br)cc(C=C2SC(=S)N(CC=C)C2=O)cc1OCC. The van der Waals surface area contributed by atoms with Gasteiger partial charge in [-0.25, -0.2) is 0 Å². The summed E-state index contributed by atoms with van der Waals surface area (Å²) < 4.78 is 12.6. The highest BCUT2D eigenvalue weighted by molar-refractivity contribution is 9.10. The summed E-state index contributed by atoms with van der Waals surface area (Å²) >= 11 is 10.0. The number of rotatable bonds is 8. The van der Waals surface area contributed by atoms with Crippen molar-refractivity contribution in [1.82, 2.24) is 4.90 Å². The molecule has 7 heteroatoms. The maximum atomic E-state index is 12.4. The molecular weight excluding hydrogens is 422 g/mol. The largest absolute Gasteiger partial charge is 0.490 e. The van der Waals surface area contributed by atoms with Crippen molar-refractivity contribution >= 4 is 56.2 Å². The van der Waals surface area contributed by atoms with Crippen LogP contribution in [-0.2, 0) is 4.79 Å². The fourth-order valence-electron chi connectivity index (χ4n) is 2.15. The molecule has 0 bridgehead atoms. The van der Waals surface area contributed by atoms with E-state index in [9.17, 15) is 4.79 Å². The lowest BCUT2D eigenvalue weighted by molar-refractivity contribution is -0.121. The van der Waals surface area contributed by atoms with Crippen molar-refractivity contribution in [2.45, 2.75) is 6.92 Å². The van der Waals surface area contributed by atoms with Crippen molar-refractivity contribution in [1.29, 1.82) is 0 Å². The molecule has 1 aromatic carbocycles. The Balaban J connectivity index is 2.36. The second-order valence-corrected chi connectivity index (χ2v) is 7.47. The number of benzene rings is 1. The minimum Gasteiger partial charge on any atom is -0.490 e. The Hall–Kier alpha value is -1.57. The van der Waals surface area contributed by atoms with Gasteiger partial charge in [0.05, 0.1) is 16.0 Å². The number of carbonyl (C=O) groups excluding carboxylic acids is 1. The molecule has 132 valence electrons. The first-order valence-corrected chi connectivity index (χ1v) is 9.59. The lowest BCUT2D eigenvalue weighted by atomic mass is 10.2. The minimum absolute atomic E-state index is 0.115. The van der Waals surface area contributed by atoms with Crippen LogP contribution in [0.3, 0.4) is 0 Å². The third-order valence-corrected chi connectivity index (χ3v) is 5.13. The highest BCUT2D eigenvalue weighted by Gasteiger charge is 2.31. The molecule has 1 heterocycles. The van der Waals surface area contributed by atoms with Crippen LogP contribution < -0.4 is 9.47 Å². The summed E-state index contributed by atoms with van der Waals surface area (Å²) in [5.41, 5.74) is 0.820. The van der Waals surface area contributed by atoms with E-state index in [1.54, 1.807) is 18.2 Å². The van der Waals surface area contributed by atoms with E-state index in [1.165, 1.54) is 16.7 Å². The van der Waals surface area contributed by atoms with Gasteiger partial charge in [-0.05, 0) is 46.6 Å². The number of carbonyl (C=O) groups is 1. The number of thiocarbonyl (C=S) groups is 1. The lowest BCUT2D eigenvalue weighted by Crippen LogP contribution is -2.27. The number of hydrogen-bond donors (Lipinski definition) is 0. The molecule has 1 fully saturated rings. The highest BCUT2D eigenvalue weighted by Crippen LogP contribution is 2.39. The van der Waals surface area contributed by atoms with E-state index in [2.05, 4.69) is 29.1 Å². The molecule has 1 aliphatic rings. The first kappa shape index (κ1) is 19.8. The van der Waals surface area contributed by atoms with Crippen molar-refractivity contribution in [3.05, 3.63) is 52.4 Å². The van der Waals surface area contributed by atoms with E-state index in [-0.39, 0.29) is 5.91 Å². The third kappa shape index (κ3) is 4.74. The molecule has 0 N–H and O–H groups in total. The quantitative estimate of drug-likeness (QED) is 0.330. The normalized spacial score (nSPS) is 15.6. The van der Waals surface area contributed by atoms with Gasteiger partial charge in [-0.1, -0.05) is 42.7 Å². The summed E-state index contributed by atoms with van der Waals surface area (Å²) in [6.07, 6.45) is 5.12. The first-order valence-electron chi connectivity index (χ1n) is 7.58. The zero-order chi connectivity index (χ0) is 18.4. The van der Waals surface area contributed by atoms with Crippen molar-refractivity contribution in [2.24, 2.45) is 0 Å². The number of halogens is 1. The predicted octanol–water partition coefficient (Wildman–Crippen LogP) is 4.80. The molecule has 1 saturated heterocycles. The van der Waals surface area contributed by atoms with Gasteiger partial charge in [-0.2, -0.15) is 0 Å². The number of amides is 1. The monoisotopic (exact) mass is 439 g/mol. The molecule has 1 aromatic rings. The zero-order valence-corrected chi connectivity index (χ0v) is 17.0. The maximum Gasteiger partial charge on any atom is 0.266 e. The minimum atomic E-state index is -0.115. The standard InChI is InChI=1S/C18H18BrNO3S2/c1-4-7-20-17(21)15(25-18(20)24)11-12-9-13(19)16(23-8-5-2)14(10-12)22-6-3/h4-5,9-11H,1-2,6-8H2,3H3. The van der Waals surface area contributed by atoms with Crippen LogP contribution in [-0.4, -0.2) is 34.9 Å². The van der Waals surface area contributed by atoms with Gasteiger partial charge in [0.1, 0.15) is 10.9 Å². The topological polar surface area (TPSA) is 38.8 Å². The second-order valence-electron chi connectivity index (χ2n) is 4.94. The molecule has 1 aliphatic heterocycles. The Labute approximate surface area is 165 Å². The number of nitrogens with zero attached hydrogens (tertiary/aromatic N) is 1. The van der Waals surface area contributed by atoms with Crippen LogP contribution in [0.25, 0.3) is 6.08 Å². The Morgan fingerprint density at radius 1 is 1.32 bits per heavy atom. The highest BCUT2D eigenvalue weighted by atomic mass is 79.9. The fourth-order valence-corrected chi connectivity index (χ4v) is 4.00. The van der Waals surface area contributed by atoms with Crippen LogP contribution in [0.4, 0.5) is 0 Å². The first-order chi connectivity index (χ1) is 12.0. The van der Waals surface area contributed by atoms with Crippen LogP contribution in [0.5, 0.6) is 11.5 Å². The van der Waals surface area contributed by atoms with Crippen LogP contribution in [0, 0.1) is 0 Å². The number of thioether (sulfide) groups is 1. The molecule has 0 aromatic heterocycles. The van der Waals surface area contributed by atoms with Crippen LogP contribution >= 0.6 is 39.9 Å². The van der Waals surface area contributed by atoms with Gasteiger partial charge in [0, 0.05) is 6.54 Å². The van der Waals surface area contributed by atoms with Crippen molar-refractivity contribution < 1.29 is 14.3 Å². The summed E-state index contributed by atoms with van der Waals surface area (Å²) in [5, 5.41) is 0. The Kier molecular flexibility index (Phi) is 7.28. The molecule has 0 aliphatic carbocycles. The van der Waals surface area contributed by atoms with E-state index in [0.717, 1.165) is 10.0 Å². The van der Waals surface area contributed by atoms with Gasteiger partial charge in [0.25, 0.3) is 5.91 Å². The van der Waals surface area contributed by atoms with E-state index in [4.69, 9.17) is 21.7 Å². The van der Waals surface area contributed by atoms with Crippen LogP contribution in [0.2, 0.25) is 0 Å². The third-order valence-electron chi connectivity index (χ3n) is 3.16. The summed E-state index contributed by atoms with van der Waals surface area (Å²) in [6.45, 7) is 10.5. The smallest absolute Gasteiger partial charge is 0.266 e. The van der Waals surface area contributed by atoms with Gasteiger partial charge in [0.2, 0.25) is 0 Å². The molecule has 0 spiro atoms. The Morgan fingerprint density at radius 3 is 2.72 bits per heavy atom. The summed E-state index contributed by atoms with van der Waals surface area (Å²) in [4.78, 5) is 14.5. The van der Waals surface area contributed by atoms with Gasteiger partial charge in [-0.3, -0.25) is 9.69 Å². The van der Waals surface area contributed by atoms with Crippen molar-refractivity contribution in [3.63, 3.8) is 0 Å². The van der Waals surface area contributed by atoms with Gasteiger partial charge in [0.15, 0.2) is 11.5 Å². The summed E-state index contributed by atoms with van der Waals surface area (Å²) in [7, 11) is 0. The Morgan fingerprint density at radius 2 is 2.08 bits per heavy atom. The average Bonchev–Trinajstić information content (AvgIpc) is 2.82. The number of ether oxygens (including phenoxy) is 2. The van der Waals surface area contributed by atoms with Gasteiger partial charge in [-0.15, -0.1) is 6.58 Å². The van der Waals surface area contributed by atoms with Crippen molar-refractivity contribution in [2.75, 3.05) is 19.8 Å². The Bertz CT molecular complexity index is 746. The van der Waals surface area contributed by atoms with E-state index < -0.39 is 0 Å². The van der Waals surface area contributed by atoms with Gasteiger partial charge >= 0.3 is 0 Å². The molecule has 0 radical (unpaired) electrons. The summed E-state index contributed by atoms with van der Waals surface area (Å²) in [6, 6.07) is 3.72. The molecule has 1 amide bonds. The lowest BCUT2D eigenvalue weighted by Gasteiger charge is -2.14. The number of hydrogen-bond acceptors (Lipinski definition) is 5. The van der Waals surface area contributed by atoms with Crippen molar-refractivity contribution in [3.8, 4) is 11.5 Å². The average molecular weight is 440 g/mol. The maximum absolute atomic E-state index is 12.4. The fraction of sp³-hybridized carbons (Fsp3) is 0.222. The molecule has 2 rings (SSSR count). The second kappa shape index (κ2) is 9.22. The van der Waals surface area contributed by atoms with Crippen LogP contribution in [0.1, 0.15) is 12.5 Å². The van der Waals surface area contributed by atoms with Crippen LogP contribution in [0.15, 0.2) is 46.8 Å². The molecular formula is C18H18BrNO3S2. The molecule has 0 saturated carbocycles. The molecule has 0 atom stereocenters. The predicted molar refractivity (Wildman–Crippen MR) is 111 cm³/mol. The zero-order valence-electron chi connectivity index (χ0n) is 13.8. The van der Waals surface area contributed by atoms with E-state index >= 15 is 0 Å². The molecule has 0 unspecified atom stereocenters. The summed E-state index contributed by atoms with van der Waals surface area (Å²) in [5.74, 6) is 1.10. The molecule has 4 nitrogen and oxygen atoms in total. The van der Waals surface area contributed by atoms with E-state index in [1.807, 2.05) is 19.1 Å². The molecule has 25 heavy (non-hydrogen) atoms.